The molecule has 1 aliphatic rings. The zero-order valence-electron chi connectivity index (χ0n) is 13.3. The van der Waals surface area contributed by atoms with Crippen LogP contribution in [0.3, 0.4) is 0 Å². The van der Waals surface area contributed by atoms with Crippen molar-refractivity contribution in [1.82, 2.24) is 9.55 Å². The molecule has 26 heavy (non-hydrogen) atoms. The van der Waals surface area contributed by atoms with E-state index in [-0.39, 0.29) is 11.6 Å². The molecular weight excluding hydrogens is 346 g/mol. The molecule has 0 aliphatic carbocycles. The van der Waals surface area contributed by atoms with Crippen molar-refractivity contribution in [3.63, 3.8) is 0 Å². The fourth-order valence-electron chi connectivity index (χ4n) is 3.12. The number of benzene rings is 1. The highest BCUT2D eigenvalue weighted by molar-refractivity contribution is 5.80. The lowest BCUT2D eigenvalue weighted by molar-refractivity contribution is -0.401. The highest BCUT2D eigenvalue weighted by Crippen LogP contribution is 2.37. The van der Waals surface area contributed by atoms with Crippen LogP contribution in [-0.2, 0) is 4.74 Å². The lowest BCUT2D eigenvalue weighted by Gasteiger charge is -2.19. The fourth-order valence-corrected chi connectivity index (χ4v) is 3.12. The smallest absolute Gasteiger partial charge is 0.397 e. The summed E-state index contributed by atoms with van der Waals surface area (Å²) in [4.78, 5) is 14.7. The Labute approximate surface area is 146 Å². The number of hydrogen-bond donors (Lipinski definition) is 3. The first-order valence-corrected chi connectivity index (χ1v) is 7.85. The summed E-state index contributed by atoms with van der Waals surface area (Å²) in [7, 11) is 0. The minimum atomic E-state index is -1.33. The molecule has 3 aromatic rings. The summed E-state index contributed by atoms with van der Waals surface area (Å²) in [5, 5.41) is 40.7. The standard InChI is InChI=1S/C16H15N3O7/c20-7-11-13(21)14(22)16(26-11)18-9-4-2-1-3-8(9)17-15(18)10-5-6-12(25-10)19(23)24/h1-6,11,13-14,16,20-22H,7H2/t11-,13-,14-,16-/m0/s1. The molecule has 3 heterocycles. The van der Waals surface area contributed by atoms with E-state index >= 15 is 0 Å². The van der Waals surface area contributed by atoms with Gasteiger partial charge in [-0.15, -0.1) is 0 Å². The molecule has 1 saturated heterocycles. The van der Waals surface area contributed by atoms with E-state index in [9.17, 15) is 25.4 Å². The number of para-hydroxylation sites is 2. The Morgan fingerprint density at radius 1 is 1.19 bits per heavy atom. The maximum Gasteiger partial charge on any atom is 0.433 e. The number of hydrogen-bond acceptors (Lipinski definition) is 8. The molecule has 4 atom stereocenters. The predicted molar refractivity (Wildman–Crippen MR) is 87.1 cm³/mol. The third-order valence-electron chi connectivity index (χ3n) is 4.36. The van der Waals surface area contributed by atoms with Gasteiger partial charge in [-0.2, -0.15) is 0 Å². The van der Waals surface area contributed by atoms with Gasteiger partial charge in [0.2, 0.25) is 0 Å². The zero-order chi connectivity index (χ0) is 18.4. The van der Waals surface area contributed by atoms with Crippen LogP contribution in [0.1, 0.15) is 6.23 Å². The zero-order valence-corrected chi connectivity index (χ0v) is 13.3. The van der Waals surface area contributed by atoms with Crippen molar-refractivity contribution in [1.29, 1.82) is 0 Å². The third-order valence-corrected chi connectivity index (χ3v) is 4.36. The van der Waals surface area contributed by atoms with Crippen LogP contribution >= 0.6 is 0 Å². The quantitative estimate of drug-likeness (QED) is 0.457. The van der Waals surface area contributed by atoms with Crippen LogP contribution in [0.4, 0.5) is 5.88 Å². The van der Waals surface area contributed by atoms with Gasteiger partial charge in [-0.25, -0.2) is 4.98 Å². The van der Waals surface area contributed by atoms with Gasteiger partial charge in [0, 0.05) is 0 Å². The van der Waals surface area contributed by atoms with Gasteiger partial charge in [0.25, 0.3) is 0 Å². The maximum atomic E-state index is 10.9. The number of ether oxygens (including phenoxy) is 1. The van der Waals surface area contributed by atoms with Crippen LogP contribution in [0.15, 0.2) is 40.8 Å². The highest BCUT2D eigenvalue weighted by Gasteiger charge is 2.45. The van der Waals surface area contributed by atoms with Gasteiger partial charge in [-0.1, -0.05) is 12.1 Å². The molecule has 3 N–H and O–H groups in total. The van der Waals surface area contributed by atoms with Gasteiger partial charge in [0.1, 0.15) is 23.2 Å². The van der Waals surface area contributed by atoms with Crippen molar-refractivity contribution >= 4 is 16.9 Å². The molecule has 0 spiro atoms. The molecule has 1 fully saturated rings. The summed E-state index contributed by atoms with van der Waals surface area (Å²) in [6, 6.07) is 9.60. The first kappa shape index (κ1) is 16.7. The highest BCUT2D eigenvalue weighted by atomic mass is 16.6. The molecule has 1 aromatic carbocycles. The molecule has 0 bridgehead atoms. The number of imidazole rings is 1. The molecule has 0 amide bonds. The Kier molecular flexibility index (Phi) is 3.96. The molecule has 0 radical (unpaired) electrons. The molecule has 4 rings (SSSR count). The third kappa shape index (κ3) is 2.47. The molecule has 0 unspecified atom stereocenters. The van der Waals surface area contributed by atoms with Crippen LogP contribution < -0.4 is 0 Å². The average molecular weight is 361 g/mol. The van der Waals surface area contributed by atoms with E-state index in [0.29, 0.717) is 11.0 Å². The minimum absolute atomic E-state index is 0.116. The molecular formula is C16H15N3O7. The number of rotatable bonds is 4. The van der Waals surface area contributed by atoms with E-state index in [1.165, 1.54) is 16.7 Å². The Morgan fingerprint density at radius 3 is 2.62 bits per heavy atom. The first-order chi connectivity index (χ1) is 12.5. The van der Waals surface area contributed by atoms with Crippen molar-refractivity contribution < 1.29 is 29.4 Å². The van der Waals surface area contributed by atoms with E-state index in [4.69, 9.17) is 9.15 Å². The second-order valence-corrected chi connectivity index (χ2v) is 5.92. The van der Waals surface area contributed by atoms with E-state index in [1.54, 1.807) is 24.3 Å². The van der Waals surface area contributed by atoms with Gasteiger partial charge in [-0.05, 0) is 18.2 Å². The summed E-state index contributed by atoms with van der Waals surface area (Å²) < 4.78 is 12.3. The minimum Gasteiger partial charge on any atom is -0.397 e. The Balaban J connectivity index is 1.88. The summed E-state index contributed by atoms with van der Waals surface area (Å²) in [6.45, 7) is -0.469. The largest absolute Gasteiger partial charge is 0.433 e. The van der Waals surface area contributed by atoms with E-state index in [2.05, 4.69) is 4.98 Å². The number of aliphatic hydroxyl groups excluding tert-OH is 3. The predicted octanol–water partition coefficient (Wildman–Crippen LogP) is 0.816. The number of nitro groups is 1. The van der Waals surface area contributed by atoms with Crippen LogP contribution in [0.2, 0.25) is 0 Å². The fraction of sp³-hybridized carbons (Fsp3) is 0.312. The van der Waals surface area contributed by atoms with Gasteiger partial charge in [-0.3, -0.25) is 14.7 Å². The van der Waals surface area contributed by atoms with Crippen LogP contribution in [0, 0.1) is 10.1 Å². The summed E-state index contributed by atoms with van der Waals surface area (Å²) in [6.07, 6.45) is -4.62. The van der Waals surface area contributed by atoms with Crippen LogP contribution in [0.5, 0.6) is 0 Å². The Bertz CT molecular complexity index is 966. The summed E-state index contributed by atoms with van der Waals surface area (Å²) in [5.74, 6) is -0.125. The van der Waals surface area contributed by atoms with Crippen molar-refractivity contribution in [3.05, 3.63) is 46.5 Å². The number of furan rings is 1. The molecule has 10 nitrogen and oxygen atoms in total. The van der Waals surface area contributed by atoms with Gasteiger partial charge in [0.15, 0.2) is 17.8 Å². The lowest BCUT2D eigenvalue weighted by Crippen LogP contribution is -2.33. The van der Waals surface area contributed by atoms with Crippen molar-refractivity contribution in [3.8, 4) is 11.6 Å². The van der Waals surface area contributed by atoms with Crippen molar-refractivity contribution in [2.75, 3.05) is 6.61 Å². The number of aromatic nitrogens is 2. The normalized spacial score (nSPS) is 25.8. The molecule has 1 aliphatic heterocycles. The SMILES string of the molecule is O=[N+]([O-])c1ccc(-c2nc3ccccc3n2[C@H]2O[C@@H](CO)[C@H](O)[C@@H]2O)o1. The summed E-state index contributed by atoms with van der Waals surface area (Å²) >= 11 is 0. The first-order valence-electron chi connectivity index (χ1n) is 7.85. The second-order valence-electron chi connectivity index (χ2n) is 5.92. The number of aliphatic hydroxyl groups is 3. The second kappa shape index (κ2) is 6.18. The molecule has 136 valence electrons. The van der Waals surface area contributed by atoms with E-state index in [1.807, 2.05) is 0 Å². The molecule has 2 aromatic heterocycles. The molecule has 0 saturated carbocycles. The van der Waals surface area contributed by atoms with E-state index < -0.39 is 42.0 Å². The van der Waals surface area contributed by atoms with Crippen molar-refractivity contribution in [2.45, 2.75) is 24.5 Å². The topological polar surface area (TPSA) is 144 Å². The maximum absolute atomic E-state index is 10.9. The van der Waals surface area contributed by atoms with Crippen LogP contribution in [-0.4, -0.2) is 54.7 Å². The number of fused-ring (bicyclic) bond motifs is 1. The Hall–Kier alpha value is -2.79. The monoisotopic (exact) mass is 361 g/mol. The van der Waals surface area contributed by atoms with Crippen LogP contribution in [0.25, 0.3) is 22.6 Å². The van der Waals surface area contributed by atoms with Gasteiger partial charge >= 0.3 is 5.88 Å². The number of nitrogens with zero attached hydrogens (tertiary/aromatic N) is 3. The van der Waals surface area contributed by atoms with Gasteiger partial charge in [0.05, 0.1) is 23.7 Å². The lowest BCUT2D eigenvalue weighted by atomic mass is 10.1. The Morgan fingerprint density at radius 2 is 1.96 bits per heavy atom. The average Bonchev–Trinajstić information content (AvgIpc) is 3.32. The van der Waals surface area contributed by atoms with Crippen molar-refractivity contribution in [2.24, 2.45) is 0 Å². The summed E-state index contributed by atoms with van der Waals surface area (Å²) in [5.41, 5.74) is 1.13. The molecule has 10 heteroatoms. The van der Waals surface area contributed by atoms with Gasteiger partial charge < -0.3 is 24.5 Å². The van der Waals surface area contributed by atoms with E-state index in [0.717, 1.165) is 0 Å².